The molecule has 0 spiro atoms. The average Bonchev–Trinajstić information content (AvgIpc) is 2.78. The number of carbonyl (C=O) groups excluding carboxylic acids is 2. The van der Waals surface area contributed by atoms with E-state index in [-0.39, 0.29) is 25.3 Å². The molecule has 2 heterocycles. The van der Waals surface area contributed by atoms with Crippen LogP contribution in [0.3, 0.4) is 0 Å². The summed E-state index contributed by atoms with van der Waals surface area (Å²) in [6.07, 6.45) is 0. The van der Waals surface area contributed by atoms with Gasteiger partial charge in [-0.1, -0.05) is 41.9 Å². The summed E-state index contributed by atoms with van der Waals surface area (Å²) in [5, 5.41) is 11.3. The van der Waals surface area contributed by atoms with Crippen molar-refractivity contribution < 1.29 is 14.7 Å². The molecule has 2 fully saturated rings. The second kappa shape index (κ2) is 10.6. The standard InChI is InChI=1S/C25H31ClN4O3.H2S/c1-25(33,18-7-5-4-6-8-18)24(32)30-16-20(17-30)29-13-11-28(12-14-29)19-9-10-21(22(26)15-19)23(31)27(2)3;/h4-10,15,20,33H,11-14,16-17H2,1-3H3;1H2/t25-;/m0./s1. The van der Waals surface area contributed by atoms with Gasteiger partial charge in [0.15, 0.2) is 5.60 Å². The molecule has 0 bridgehead atoms. The number of hydrogen-bond donors (Lipinski definition) is 1. The Labute approximate surface area is 213 Å². The number of amides is 2. The maximum atomic E-state index is 12.9. The quantitative estimate of drug-likeness (QED) is 0.677. The summed E-state index contributed by atoms with van der Waals surface area (Å²) in [6, 6.07) is 15.0. The van der Waals surface area contributed by atoms with Crippen LogP contribution in [0.15, 0.2) is 48.5 Å². The van der Waals surface area contributed by atoms with E-state index in [9.17, 15) is 14.7 Å². The van der Waals surface area contributed by atoms with Crippen LogP contribution in [0, 0.1) is 0 Å². The number of piperazine rings is 1. The second-order valence-corrected chi connectivity index (χ2v) is 9.60. The van der Waals surface area contributed by atoms with E-state index in [1.807, 2.05) is 30.3 Å². The Balaban J connectivity index is 0.00000324. The van der Waals surface area contributed by atoms with Crippen molar-refractivity contribution in [2.24, 2.45) is 0 Å². The van der Waals surface area contributed by atoms with Crippen LogP contribution in [0.1, 0.15) is 22.8 Å². The third kappa shape index (κ3) is 5.20. The maximum absolute atomic E-state index is 12.9. The van der Waals surface area contributed by atoms with Crippen LogP contribution in [0.2, 0.25) is 5.02 Å². The molecule has 184 valence electrons. The van der Waals surface area contributed by atoms with Crippen LogP contribution >= 0.6 is 25.1 Å². The molecule has 9 heteroatoms. The molecule has 2 aliphatic heterocycles. The van der Waals surface area contributed by atoms with Crippen molar-refractivity contribution in [3.63, 3.8) is 0 Å². The third-order valence-electron chi connectivity index (χ3n) is 6.69. The lowest BCUT2D eigenvalue weighted by molar-refractivity contribution is -0.158. The van der Waals surface area contributed by atoms with Crippen molar-refractivity contribution in [1.82, 2.24) is 14.7 Å². The van der Waals surface area contributed by atoms with Crippen LogP contribution < -0.4 is 4.90 Å². The molecular weight excluding hydrogens is 472 g/mol. The molecule has 7 nitrogen and oxygen atoms in total. The van der Waals surface area contributed by atoms with Crippen molar-refractivity contribution in [1.29, 1.82) is 0 Å². The van der Waals surface area contributed by atoms with Gasteiger partial charge >= 0.3 is 0 Å². The molecule has 2 aliphatic rings. The van der Waals surface area contributed by atoms with Gasteiger partial charge in [-0.3, -0.25) is 14.5 Å². The smallest absolute Gasteiger partial charge is 0.258 e. The monoisotopic (exact) mass is 504 g/mol. The second-order valence-electron chi connectivity index (χ2n) is 9.19. The lowest BCUT2D eigenvalue weighted by Gasteiger charge is -2.49. The third-order valence-corrected chi connectivity index (χ3v) is 7.00. The number of halogens is 1. The first-order chi connectivity index (χ1) is 15.7. The van der Waals surface area contributed by atoms with Crippen molar-refractivity contribution >= 4 is 42.6 Å². The van der Waals surface area contributed by atoms with Crippen LogP contribution in [-0.4, -0.2) is 91.0 Å². The van der Waals surface area contributed by atoms with Gasteiger partial charge in [-0.2, -0.15) is 13.5 Å². The molecule has 0 aliphatic carbocycles. The van der Waals surface area contributed by atoms with Crippen LogP contribution in [-0.2, 0) is 10.4 Å². The zero-order valence-corrected chi connectivity index (χ0v) is 21.6. The Bertz CT molecular complexity index is 1020. The molecule has 0 saturated carbocycles. The Hall–Kier alpha value is -2.26. The van der Waals surface area contributed by atoms with E-state index in [2.05, 4.69) is 9.80 Å². The fourth-order valence-electron chi connectivity index (χ4n) is 4.51. The number of nitrogens with zero attached hydrogens (tertiary/aromatic N) is 4. The Morgan fingerprint density at radius 2 is 1.65 bits per heavy atom. The highest BCUT2D eigenvalue weighted by atomic mass is 35.5. The first kappa shape index (κ1) is 26.3. The van der Waals surface area contributed by atoms with Crippen molar-refractivity contribution in [2.45, 2.75) is 18.6 Å². The van der Waals surface area contributed by atoms with Crippen LogP contribution in [0.25, 0.3) is 0 Å². The number of benzene rings is 2. The number of aliphatic hydroxyl groups is 1. The first-order valence-electron chi connectivity index (χ1n) is 11.3. The fraction of sp³-hybridized carbons (Fsp3) is 0.440. The van der Waals surface area contributed by atoms with Crippen molar-refractivity contribution in [2.75, 3.05) is 58.3 Å². The van der Waals surface area contributed by atoms with Gasteiger partial charge in [0, 0.05) is 65.1 Å². The number of hydrogen-bond acceptors (Lipinski definition) is 5. The van der Waals surface area contributed by atoms with Crippen LogP contribution in [0.4, 0.5) is 5.69 Å². The maximum Gasteiger partial charge on any atom is 0.258 e. The van der Waals surface area contributed by atoms with Crippen molar-refractivity contribution in [3.8, 4) is 0 Å². The molecule has 0 radical (unpaired) electrons. The normalized spacial score (nSPS) is 18.5. The van der Waals surface area contributed by atoms with Gasteiger partial charge in [0.05, 0.1) is 10.6 Å². The van der Waals surface area contributed by atoms with E-state index in [0.29, 0.717) is 35.3 Å². The summed E-state index contributed by atoms with van der Waals surface area (Å²) in [6.45, 7) is 6.31. The summed E-state index contributed by atoms with van der Waals surface area (Å²) in [7, 11) is 3.42. The highest BCUT2D eigenvalue weighted by molar-refractivity contribution is 7.59. The number of rotatable bonds is 5. The predicted octanol–water partition coefficient (Wildman–Crippen LogP) is 2.40. The molecule has 4 rings (SSSR count). The summed E-state index contributed by atoms with van der Waals surface area (Å²) in [5.41, 5.74) is 0.627. The van der Waals surface area contributed by atoms with Gasteiger partial charge in [-0.05, 0) is 30.7 Å². The zero-order chi connectivity index (χ0) is 23.8. The number of likely N-dealkylation sites (tertiary alicyclic amines) is 1. The first-order valence-corrected chi connectivity index (χ1v) is 11.6. The zero-order valence-electron chi connectivity index (χ0n) is 19.9. The highest BCUT2D eigenvalue weighted by Gasteiger charge is 2.43. The average molecular weight is 505 g/mol. The minimum atomic E-state index is -1.51. The molecule has 0 aromatic heterocycles. The molecule has 2 amide bonds. The van der Waals surface area contributed by atoms with Crippen LogP contribution in [0.5, 0.6) is 0 Å². The predicted molar refractivity (Wildman–Crippen MR) is 140 cm³/mol. The molecule has 2 saturated heterocycles. The lowest BCUT2D eigenvalue weighted by atomic mass is 9.92. The Morgan fingerprint density at radius 3 is 2.21 bits per heavy atom. The Morgan fingerprint density at radius 1 is 1.03 bits per heavy atom. The molecule has 2 aromatic carbocycles. The largest absolute Gasteiger partial charge is 0.376 e. The topological polar surface area (TPSA) is 67.3 Å². The van der Waals surface area contributed by atoms with E-state index in [0.717, 1.165) is 31.9 Å². The highest BCUT2D eigenvalue weighted by Crippen LogP contribution is 2.29. The molecule has 1 N–H and O–H groups in total. The van der Waals surface area contributed by atoms with E-state index in [4.69, 9.17) is 11.6 Å². The molecule has 0 unspecified atom stereocenters. The molecule has 1 atom stereocenters. The van der Waals surface area contributed by atoms with E-state index < -0.39 is 5.60 Å². The van der Waals surface area contributed by atoms with Gasteiger partial charge in [0.2, 0.25) is 0 Å². The molecule has 34 heavy (non-hydrogen) atoms. The van der Waals surface area contributed by atoms with E-state index >= 15 is 0 Å². The van der Waals surface area contributed by atoms with E-state index in [1.54, 1.807) is 44.1 Å². The molecule has 2 aromatic rings. The summed E-state index contributed by atoms with van der Waals surface area (Å²) < 4.78 is 0. The van der Waals surface area contributed by atoms with E-state index in [1.165, 1.54) is 4.90 Å². The van der Waals surface area contributed by atoms with Crippen molar-refractivity contribution in [3.05, 3.63) is 64.7 Å². The Kier molecular flexibility index (Phi) is 8.18. The minimum Gasteiger partial charge on any atom is -0.376 e. The van der Waals surface area contributed by atoms with Gasteiger partial charge in [-0.15, -0.1) is 0 Å². The van der Waals surface area contributed by atoms with Gasteiger partial charge in [-0.25, -0.2) is 0 Å². The number of carbonyl (C=O) groups is 2. The minimum absolute atomic E-state index is 0. The number of anilines is 1. The van der Waals surface area contributed by atoms with Gasteiger partial charge in [0.25, 0.3) is 11.8 Å². The van der Waals surface area contributed by atoms with Gasteiger partial charge in [0.1, 0.15) is 0 Å². The summed E-state index contributed by atoms with van der Waals surface area (Å²) >= 11 is 6.38. The molecular formula is C25H33ClN4O3S. The lowest BCUT2D eigenvalue weighted by Crippen LogP contribution is -2.66. The summed E-state index contributed by atoms with van der Waals surface area (Å²) in [5.74, 6) is -0.350. The SMILES string of the molecule is CN(C)C(=O)c1ccc(N2CCN(C3CN(C(=O)[C@@](C)(O)c4ccccc4)C3)CC2)cc1Cl.S. The summed E-state index contributed by atoms with van der Waals surface area (Å²) in [4.78, 5) is 33.0. The fourth-order valence-corrected chi connectivity index (χ4v) is 4.76. The van der Waals surface area contributed by atoms with Gasteiger partial charge < -0.3 is 19.8 Å².